The third-order valence-electron chi connectivity index (χ3n) is 4.61. The number of halogens is 2. The van der Waals surface area contributed by atoms with Crippen molar-refractivity contribution in [3.8, 4) is 0 Å². The van der Waals surface area contributed by atoms with Gasteiger partial charge in [-0.15, -0.1) is 0 Å². The fourth-order valence-electron chi connectivity index (χ4n) is 3.46. The van der Waals surface area contributed by atoms with Crippen molar-refractivity contribution in [2.24, 2.45) is 0 Å². The van der Waals surface area contributed by atoms with Gasteiger partial charge in [0.25, 0.3) is 0 Å². The van der Waals surface area contributed by atoms with E-state index in [4.69, 9.17) is 0 Å². The molecule has 0 saturated heterocycles. The second-order valence-electron chi connectivity index (χ2n) is 6.82. The zero-order valence-corrected chi connectivity index (χ0v) is 15.9. The van der Waals surface area contributed by atoms with E-state index in [-0.39, 0.29) is 13.0 Å². The predicted molar refractivity (Wildman–Crippen MR) is 102 cm³/mol. The van der Waals surface area contributed by atoms with Gasteiger partial charge in [-0.2, -0.15) is 0 Å². The third kappa shape index (κ3) is 4.45. The van der Waals surface area contributed by atoms with Crippen LogP contribution in [0.15, 0.2) is 36.4 Å². The van der Waals surface area contributed by atoms with Crippen molar-refractivity contribution in [3.63, 3.8) is 0 Å². The van der Waals surface area contributed by atoms with E-state index in [9.17, 15) is 22.3 Å². The van der Waals surface area contributed by atoms with E-state index in [1.54, 1.807) is 16.7 Å². The van der Waals surface area contributed by atoms with Gasteiger partial charge in [-0.3, -0.25) is 0 Å². The van der Waals surface area contributed by atoms with Gasteiger partial charge in [0, 0.05) is 34.4 Å². The summed E-state index contributed by atoms with van der Waals surface area (Å²) in [5.74, 6) is -0.843. The first kappa shape index (κ1) is 19.7. The Morgan fingerprint density at radius 1 is 1.07 bits per heavy atom. The molecule has 2 unspecified atom stereocenters. The van der Waals surface area contributed by atoms with Crippen LogP contribution in [-0.2, 0) is 16.6 Å². The van der Waals surface area contributed by atoms with Crippen LogP contribution >= 0.6 is 0 Å². The summed E-state index contributed by atoms with van der Waals surface area (Å²) in [4.78, 5) is 0. The normalized spacial score (nSPS) is 14.7. The molecule has 3 rings (SSSR count). The molecule has 0 bridgehead atoms. The van der Waals surface area contributed by atoms with E-state index in [0.717, 1.165) is 6.26 Å². The maximum Gasteiger partial charge on any atom is 0.208 e. The number of fused-ring (bicyclic) bond motifs is 3. The number of aliphatic hydroxyl groups excluding tert-OH is 1. The smallest absolute Gasteiger partial charge is 0.208 e. The van der Waals surface area contributed by atoms with E-state index >= 15 is 0 Å². The van der Waals surface area contributed by atoms with Crippen molar-refractivity contribution in [1.82, 2.24) is 9.29 Å². The van der Waals surface area contributed by atoms with Crippen LogP contribution in [0.2, 0.25) is 0 Å². The van der Waals surface area contributed by atoms with Crippen LogP contribution in [0, 0.1) is 11.6 Å². The first-order chi connectivity index (χ1) is 12.7. The number of sulfonamides is 1. The Hall–Kier alpha value is -2.03. The minimum absolute atomic E-state index is 0.180. The predicted octanol–water partition coefficient (Wildman–Crippen LogP) is 3.15. The monoisotopic (exact) mass is 396 g/mol. The summed E-state index contributed by atoms with van der Waals surface area (Å²) in [7, 11) is -3.37. The van der Waals surface area contributed by atoms with Crippen LogP contribution in [-0.4, -0.2) is 36.5 Å². The highest BCUT2D eigenvalue weighted by atomic mass is 32.2. The van der Waals surface area contributed by atoms with Crippen molar-refractivity contribution >= 4 is 31.8 Å². The van der Waals surface area contributed by atoms with E-state index < -0.39 is 33.8 Å². The minimum Gasteiger partial charge on any atom is -0.391 e. The van der Waals surface area contributed by atoms with E-state index in [1.165, 1.54) is 24.3 Å². The topological polar surface area (TPSA) is 71.3 Å². The molecular weight excluding hydrogens is 374 g/mol. The van der Waals surface area contributed by atoms with Gasteiger partial charge in [0.15, 0.2) is 0 Å². The number of hydrogen-bond acceptors (Lipinski definition) is 3. The largest absolute Gasteiger partial charge is 0.391 e. The van der Waals surface area contributed by atoms with Gasteiger partial charge >= 0.3 is 0 Å². The zero-order valence-electron chi connectivity index (χ0n) is 15.1. The molecule has 0 aliphatic carbocycles. The van der Waals surface area contributed by atoms with Gasteiger partial charge in [-0.05, 0) is 49.2 Å². The van der Waals surface area contributed by atoms with Crippen LogP contribution in [0.5, 0.6) is 0 Å². The van der Waals surface area contributed by atoms with E-state index in [0.29, 0.717) is 28.2 Å². The highest BCUT2D eigenvalue weighted by Crippen LogP contribution is 2.30. The summed E-state index contributed by atoms with van der Waals surface area (Å²) >= 11 is 0. The molecule has 1 heterocycles. The Morgan fingerprint density at radius 3 is 2.04 bits per heavy atom. The van der Waals surface area contributed by atoms with E-state index in [2.05, 4.69) is 4.72 Å². The molecule has 146 valence electrons. The molecule has 0 aliphatic rings. The summed E-state index contributed by atoms with van der Waals surface area (Å²) in [5.41, 5.74) is 1.36. The molecule has 2 atom stereocenters. The first-order valence-corrected chi connectivity index (χ1v) is 10.6. The lowest BCUT2D eigenvalue weighted by Crippen LogP contribution is -2.37. The second-order valence-corrected chi connectivity index (χ2v) is 8.60. The quantitative estimate of drug-likeness (QED) is 0.645. The molecule has 3 aromatic rings. The first-order valence-electron chi connectivity index (χ1n) is 8.70. The molecule has 0 spiro atoms. The summed E-state index contributed by atoms with van der Waals surface area (Å²) in [6.07, 6.45) is 1.01. The van der Waals surface area contributed by atoms with Crippen molar-refractivity contribution in [1.29, 1.82) is 0 Å². The van der Waals surface area contributed by atoms with Gasteiger partial charge in [0.05, 0.1) is 12.4 Å². The minimum atomic E-state index is -3.37. The molecule has 0 saturated carbocycles. The third-order valence-corrected chi connectivity index (χ3v) is 5.37. The lowest BCUT2D eigenvalue weighted by Gasteiger charge is -2.20. The van der Waals surface area contributed by atoms with Crippen molar-refractivity contribution in [3.05, 3.63) is 48.0 Å². The summed E-state index contributed by atoms with van der Waals surface area (Å²) in [5, 5.41) is 11.7. The van der Waals surface area contributed by atoms with Gasteiger partial charge in [0.2, 0.25) is 10.0 Å². The second kappa shape index (κ2) is 7.53. The Labute approximate surface area is 156 Å². The Bertz CT molecular complexity index is 1020. The molecule has 27 heavy (non-hydrogen) atoms. The van der Waals surface area contributed by atoms with Gasteiger partial charge < -0.3 is 9.67 Å². The summed E-state index contributed by atoms with van der Waals surface area (Å²) in [6.45, 7) is 2.01. The average molecular weight is 396 g/mol. The fraction of sp³-hybridized carbons (Fsp3) is 0.368. The molecule has 0 radical (unpaired) electrons. The molecule has 2 N–H and O–H groups in total. The van der Waals surface area contributed by atoms with Crippen LogP contribution in [0.25, 0.3) is 21.8 Å². The number of nitrogens with zero attached hydrogens (tertiary/aromatic N) is 1. The highest BCUT2D eigenvalue weighted by molar-refractivity contribution is 7.88. The standard InChI is InChI=1S/C19H22F2N2O3S/c1-3-14(22-27(2,25)26)10-15(24)11-23-18-6-4-12(20)8-16(18)17-9-13(21)5-7-19(17)23/h4-9,14-15,22,24H,3,10-11H2,1-2H3. The summed E-state index contributed by atoms with van der Waals surface area (Å²) < 4.78 is 54.6. The lowest BCUT2D eigenvalue weighted by atomic mass is 10.1. The van der Waals surface area contributed by atoms with Crippen LogP contribution in [0.1, 0.15) is 19.8 Å². The number of benzene rings is 2. The Kier molecular flexibility index (Phi) is 5.50. The zero-order chi connectivity index (χ0) is 19.8. The maximum absolute atomic E-state index is 13.7. The molecule has 0 amide bonds. The van der Waals surface area contributed by atoms with Crippen LogP contribution in [0.4, 0.5) is 8.78 Å². The highest BCUT2D eigenvalue weighted by Gasteiger charge is 2.19. The van der Waals surface area contributed by atoms with Gasteiger partial charge in [0.1, 0.15) is 11.6 Å². The molecule has 8 heteroatoms. The molecule has 5 nitrogen and oxygen atoms in total. The average Bonchev–Trinajstić information content (AvgIpc) is 2.85. The molecular formula is C19H22F2N2O3S. The van der Waals surface area contributed by atoms with Crippen molar-refractivity contribution < 1.29 is 22.3 Å². The Morgan fingerprint density at radius 2 is 1.59 bits per heavy atom. The number of aliphatic hydroxyl groups is 1. The lowest BCUT2D eigenvalue weighted by molar-refractivity contribution is 0.136. The Balaban J connectivity index is 1.96. The van der Waals surface area contributed by atoms with Crippen molar-refractivity contribution in [2.45, 2.75) is 38.5 Å². The van der Waals surface area contributed by atoms with Gasteiger partial charge in [-0.25, -0.2) is 21.9 Å². The van der Waals surface area contributed by atoms with E-state index in [1.807, 2.05) is 6.92 Å². The fourth-order valence-corrected chi connectivity index (χ4v) is 4.33. The van der Waals surface area contributed by atoms with Crippen LogP contribution < -0.4 is 4.72 Å². The number of aromatic nitrogens is 1. The number of nitrogens with one attached hydrogen (secondary N) is 1. The summed E-state index contributed by atoms with van der Waals surface area (Å²) in [6, 6.07) is 8.14. The van der Waals surface area contributed by atoms with Crippen LogP contribution in [0.3, 0.4) is 0 Å². The molecule has 2 aromatic carbocycles. The molecule has 0 fully saturated rings. The maximum atomic E-state index is 13.7. The molecule has 0 aliphatic heterocycles. The SMILES string of the molecule is CCC(CC(O)Cn1c2ccc(F)cc2c2cc(F)ccc21)NS(C)(=O)=O. The van der Waals surface area contributed by atoms with Crippen molar-refractivity contribution in [2.75, 3.05) is 6.26 Å². The number of rotatable bonds is 7. The molecule has 1 aromatic heterocycles. The number of hydrogen-bond donors (Lipinski definition) is 2. The van der Waals surface area contributed by atoms with Gasteiger partial charge in [-0.1, -0.05) is 6.92 Å².